The van der Waals surface area contributed by atoms with Gasteiger partial charge in [-0.2, -0.15) is 13.2 Å². The Kier molecular flexibility index (Phi) is 8.28. The molecule has 1 saturated carbocycles. The highest BCUT2D eigenvalue weighted by Crippen LogP contribution is 2.51. The van der Waals surface area contributed by atoms with Crippen LogP contribution in [-0.2, 0) is 31.8 Å². The fraction of sp³-hybridized carbons (Fsp3) is 0.581. The molecule has 1 N–H and O–H groups in total. The summed E-state index contributed by atoms with van der Waals surface area (Å²) in [6, 6.07) is 6.66. The van der Waals surface area contributed by atoms with Crippen molar-refractivity contribution in [3.8, 4) is 5.88 Å². The summed E-state index contributed by atoms with van der Waals surface area (Å²) in [5.41, 5.74) is 0.282. The molecular formula is C31H37F3N2O6. The van der Waals surface area contributed by atoms with E-state index >= 15 is 0 Å². The van der Waals surface area contributed by atoms with Gasteiger partial charge in [-0.25, -0.2) is 9.78 Å². The number of alkyl halides is 3. The summed E-state index contributed by atoms with van der Waals surface area (Å²) in [6.45, 7) is 5.73. The van der Waals surface area contributed by atoms with Crippen molar-refractivity contribution >= 4 is 11.9 Å². The van der Waals surface area contributed by atoms with Crippen LogP contribution >= 0.6 is 0 Å². The van der Waals surface area contributed by atoms with Gasteiger partial charge in [-0.15, -0.1) is 0 Å². The summed E-state index contributed by atoms with van der Waals surface area (Å²) in [5, 5.41) is 10.6. The zero-order valence-electron chi connectivity index (χ0n) is 24.2. The standard InChI is InChI=1S/C31H37F3N2O6/c1-30(2,3)23-25(29(38)39)36(28(37)22-9-6-12-41-22)24(19-8-5-7-18(13-19)17-10-11-17)26(23)42-16-20-14-21(31(32,33)34)15-35-27(20)40-4/h5,7-8,13-15,17,22-26H,6,9-12,16H2,1-4H3,(H,38,39)/t22-,23+,24-,25-,26-/m0/s1. The fourth-order valence-corrected chi connectivity index (χ4v) is 6.42. The van der Waals surface area contributed by atoms with Crippen LogP contribution < -0.4 is 4.74 Å². The van der Waals surface area contributed by atoms with Crippen molar-refractivity contribution in [1.29, 1.82) is 0 Å². The molecule has 1 amide bonds. The molecule has 3 heterocycles. The number of halogens is 3. The number of aromatic nitrogens is 1. The Morgan fingerprint density at radius 3 is 2.40 bits per heavy atom. The number of carbonyl (C=O) groups excluding carboxylic acids is 1. The van der Waals surface area contributed by atoms with Gasteiger partial charge in [0.1, 0.15) is 12.1 Å². The van der Waals surface area contributed by atoms with E-state index < -0.39 is 59.2 Å². The van der Waals surface area contributed by atoms with Gasteiger partial charge in [-0.1, -0.05) is 45.0 Å². The minimum Gasteiger partial charge on any atom is -0.481 e. The lowest BCUT2D eigenvalue weighted by molar-refractivity contribution is -0.156. The van der Waals surface area contributed by atoms with Crippen molar-refractivity contribution in [3.05, 3.63) is 58.8 Å². The number of aliphatic carboxylic acids is 1. The van der Waals surface area contributed by atoms with Crippen LogP contribution in [0.15, 0.2) is 36.5 Å². The van der Waals surface area contributed by atoms with E-state index in [0.29, 0.717) is 31.6 Å². The molecule has 42 heavy (non-hydrogen) atoms. The number of carbonyl (C=O) groups is 2. The van der Waals surface area contributed by atoms with Gasteiger partial charge in [0.15, 0.2) is 0 Å². The number of rotatable bonds is 8. The monoisotopic (exact) mass is 590 g/mol. The van der Waals surface area contributed by atoms with Crippen LogP contribution in [0.4, 0.5) is 13.2 Å². The van der Waals surface area contributed by atoms with Crippen LogP contribution in [0, 0.1) is 11.3 Å². The smallest absolute Gasteiger partial charge is 0.417 e. The van der Waals surface area contributed by atoms with Gasteiger partial charge < -0.3 is 24.2 Å². The average Bonchev–Trinajstić information content (AvgIpc) is 3.51. The first-order valence-corrected chi connectivity index (χ1v) is 14.3. The fourth-order valence-electron chi connectivity index (χ4n) is 6.42. The first-order chi connectivity index (χ1) is 19.8. The molecule has 2 saturated heterocycles. The molecule has 5 rings (SSSR count). The molecule has 8 nitrogen and oxygen atoms in total. The topological polar surface area (TPSA) is 98.2 Å². The summed E-state index contributed by atoms with van der Waals surface area (Å²) in [4.78, 5) is 32.3. The summed E-state index contributed by atoms with van der Waals surface area (Å²) in [6.07, 6.45) is -2.29. The Morgan fingerprint density at radius 2 is 1.83 bits per heavy atom. The Hall–Kier alpha value is -3.18. The average molecular weight is 591 g/mol. The number of pyridine rings is 1. The maximum absolute atomic E-state index is 14.1. The lowest BCUT2D eigenvalue weighted by atomic mass is 9.73. The summed E-state index contributed by atoms with van der Waals surface area (Å²) < 4.78 is 58.0. The summed E-state index contributed by atoms with van der Waals surface area (Å²) >= 11 is 0. The number of amides is 1. The molecule has 0 spiro atoms. The molecule has 0 radical (unpaired) electrons. The molecule has 0 unspecified atom stereocenters. The lowest BCUT2D eigenvalue weighted by Crippen LogP contribution is -2.50. The second-order valence-corrected chi connectivity index (χ2v) is 12.5. The molecule has 11 heteroatoms. The first kappa shape index (κ1) is 30.3. The van der Waals surface area contributed by atoms with E-state index in [-0.39, 0.29) is 18.1 Å². The van der Waals surface area contributed by atoms with Gasteiger partial charge in [0, 0.05) is 24.3 Å². The van der Waals surface area contributed by atoms with Crippen LogP contribution in [0.3, 0.4) is 0 Å². The molecule has 228 valence electrons. The van der Waals surface area contributed by atoms with E-state index in [1.807, 2.05) is 45.0 Å². The van der Waals surface area contributed by atoms with E-state index in [1.165, 1.54) is 12.0 Å². The van der Waals surface area contributed by atoms with Crippen molar-refractivity contribution in [2.75, 3.05) is 13.7 Å². The van der Waals surface area contributed by atoms with Gasteiger partial charge >= 0.3 is 12.1 Å². The Labute approximate surface area is 243 Å². The van der Waals surface area contributed by atoms with Crippen molar-refractivity contribution in [1.82, 2.24) is 9.88 Å². The third-order valence-electron chi connectivity index (χ3n) is 8.50. The van der Waals surface area contributed by atoms with Crippen LogP contribution in [0.1, 0.15) is 80.7 Å². The van der Waals surface area contributed by atoms with Crippen LogP contribution in [0.25, 0.3) is 0 Å². The summed E-state index contributed by atoms with van der Waals surface area (Å²) in [7, 11) is 1.31. The van der Waals surface area contributed by atoms with Gasteiger partial charge in [0.05, 0.1) is 31.4 Å². The molecule has 5 atom stereocenters. The van der Waals surface area contributed by atoms with Crippen LogP contribution in [-0.4, -0.2) is 58.8 Å². The van der Waals surface area contributed by atoms with E-state index in [2.05, 4.69) is 4.98 Å². The highest BCUT2D eigenvalue weighted by molar-refractivity contribution is 5.88. The molecule has 1 aromatic heterocycles. The number of benzene rings is 1. The third-order valence-corrected chi connectivity index (χ3v) is 8.50. The van der Waals surface area contributed by atoms with Gasteiger partial charge in [0.25, 0.3) is 5.91 Å². The minimum absolute atomic E-state index is 0.0253. The first-order valence-electron chi connectivity index (χ1n) is 14.3. The van der Waals surface area contributed by atoms with Crippen molar-refractivity contribution in [2.45, 2.75) is 89.4 Å². The van der Waals surface area contributed by atoms with Gasteiger partial charge in [-0.3, -0.25) is 4.79 Å². The molecule has 3 fully saturated rings. The minimum atomic E-state index is -4.62. The lowest BCUT2D eigenvalue weighted by Gasteiger charge is -2.35. The Bertz CT molecular complexity index is 1320. The molecule has 1 aliphatic carbocycles. The molecule has 2 aromatic rings. The molecule has 1 aromatic carbocycles. The SMILES string of the molecule is COc1ncc(C(F)(F)F)cc1CO[C@H]1[C@H](C(C)(C)C)[C@@H](C(=O)O)N(C(=O)[C@@H]2CCCO2)[C@H]1c1cccc(C2CC2)c1. The number of carboxylic acids is 1. The summed E-state index contributed by atoms with van der Waals surface area (Å²) in [5.74, 6) is -1.92. The number of hydrogen-bond donors (Lipinski definition) is 1. The van der Waals surface area contributed by atoms with Crippen LogP contribution in [0.2, 0.25) is 0 Å². The number of carboxylic acid groups (broad SMARTS) is 1. The second kappa shape index (κ2) is 11.5. The maximum Gasteiger partial charge on any atom is 0.417 e. The normalized spacial score (nSPS) is 26.5. The van der Waals surface area contributed by atoms with E-state index in [1.54, 1.807) is 0 Å². The van der Waals surface area contributed by atoms with Crippen molar-refractivity contribution < 1.29 is 42.1 Å². The number of methoxy groups -OCH3 is 1. The van der Waals surface area contributed by atoms with E-state index in [0.717, 1.165) is 30.0 Å². The van der Waals surface area contributed by atoms with Gasteiger partial charge in [0.2, 0.25) is 5.88 Å². The van der Waals surface area contributed by atoms with E-state index in [9.17, 15) is 27.9 Å². The molecule has 0 bridgehead atoms. The Morgan fingerprint density at radius 1 is 1.12 bits per heavy atom. The molecule has 3 aliphatic rings. The zero-order valence-corrected chi connectivity index (χ0v) is 24.2. The van der Waals surface area contributed by atoms with E-state index in [4.69, 9.17) is 14.2 Å². The predicted octanol–water partition coefficient (Wildman–Crippen LogP) is 5.75. The quantitative estimate of drug-likeness (QED) is 0.418. The predicted molar refractivity (Wildman–Crippen MR) is 146 cm³/mol. The van der Waals surface area contributed by atoms with Gasteiger partial charge in [-0.05, 0) is 54.2 Å². The molecule has 2 aliphatic heterocycles. The van der Waals surface area contributed by atoms with Crippen molar-refractivity contribution in [2.24, 2.45) is 11.3 Å². The van der Waals surface area contributed by atoms with Crippen molar-refractivity contribution in [3.63, 3.8) is 0 Å². The zero-order chi connectivity index (χ0) is 30.4. The van der Waals surface area contributed by atoms with Crippen LogP contribution in [0.5, 0.6) is 5.88 Å². The Balaban J connectivity index is 1.61. The number of ether oxygens (including phenoxy) is 3. The highest BCUT2D eigenvalue weighted by Gasteiger charge is 2.59. The second-order valence-electron chi connectivity index (χ2n) is 12.5. The highest BCUT2D eigenvalue weighted by atomic mass is 19.4. The maximum atomic E-state index is 14.1. The number of hydrogen-bond acceptors (Lipinski definition) is 6. The molecular weight excluding hydrogens is 553 g/mol. The largest absolute Gasteiger partial charge is 0.481 e. The third kappa shape index (κ3) is 5.99. The number of likely N-dealkylation sites (tertiary alicyclic amines) is 1. The number of nitrogens with zero attached hydrogens (tertiary/aromatic N) is 2.